The molecule has 0 saturated heterocycles. The average molecular weight is 181 g/mol. The van der Waals surface area contributed by atoms with Gasteiger partial charge in [-0.2, -0.15) is 0 Å². The molecule has 0 aromatic heterocycles. The van der Waals surface area contributed by atoms with Crippen LogP contribution in [0.5, 0.6) is 0 Å². The first-order chi connectivity index (χ1) is 6.08. The van der Waals surface area contributed by atoms with Gasteiger partial charge in [0.05, 0.1) is 0 Å². The molecule has 0 fully saturated rings. The maximum atomic E-state index is 3.24. The lowest BCUT2D eigenvalue weighted by Gasteiger charge is -2.34. The summed E-state index contributed by atoms with van der Waals surface area (Å²) in [5, 5.41) is 3.24. The minimum Gasteiger partial charge on any atom is -0.319 e. The van der Waals surface area contributed by atoms with E-state index in [9.17, 15) is 0 Å². The van der Waals surface area contributed by atoms with Crippen LogP contribution < -0.4 is 5.32 Å². The van der Waals surface area contributed by atoms with E-state index < -0.39 is 0 Å². The lowest BCUT2D eigenvalue weighted by molar-refractivity contribution is 0.353. The fraction of sp³-hybridized carbons (Fsp3) is 0.833. The van der Waals surface area contributed by atoms with Crippen LogP contribution >= 0.6 is 0 Å². The van der Waals surface area contributed by atoms with Crippen molar-refractivity contribution in [2.24, 2.45) is 5.41 Å². The Morgan fingerprint density at radius 1 is 1.38 bits per heavy atom. The van der Waals surface area contributed by atoms with Crippen LogP contribution in [0.3, 0.4) is 0 Å². The summed E-state index contributed by atoms with van der Waals surface area (Å²) < 4.78 is 0. The fourth-order valence-electron chi connectivity index (χ4n) is 2.48. The highest BCUT2D eigenvalue weighted by Gasteiger charge is 2.27. The van der Waals surface area contributed by atoms with Crippen molar-refractivity contribution < 1.29 is 0 Å². The molecule has 0 saturated carbocycles. The van der Waals surface area contributed by atoms with Crippen molar-refractivity contribution in [3.8, 4) is 0 Å². The summed E-state index contributed by atoms with van der Waals surface area (Å²) in [6, 6.07) is 0. The van der Waals surface area contributed by atoms with Gasteiger partial charge in [0.15, 0.2) is 0 Å². The van der Waals surface area contributed by atoms with E-state index in [1.54, 1.807) is 11.1 Å². The van der Waals surface area contributed by atoms with E-state index in [4.69, 9.17) is 0 Å². The van der Waals surface area contributed by atoms with Crippen molar-refractivity contribution in [1.29, 1.82) is 0 Å². The number of rotatable bonds is 3. The summed E-state index contributed by atoms with van der Waals surface area (Å²) in [7, 11) is 2.03. The van der Waals surface area contributed by atoms with Crippen molar-refractivity contribution in [3.63, 3.8) is 0 Å². The summed E-state index contributed by atoms with van der Waals surface area (Å²) in [5.41, 5.74) is 3.80. The van der Waals surface area contributed by atoms with Gasteiger partial charge >= 0.3 is 0 Å². The average Bonchev–Trinajstić information content (AvgIpc) is 2.02. The van der Waals surface area contributed by atoms with Crippen LogP contribution in [0.4, 0.5) is 0 Å². The maximum absolute atomic E-state index is 3.24. The Balaban J connectivity index is 2.73. The minimum atomic E-state index is 0.458. The molecule has 1 aliphatic rings. The number of allylic oxidation sites excluding steroid dienone is 1. The molecule has 1 rings (SSSR count). The maximum Gasteiger partial charge on any atom is -0.00143 e. The quantitative estimate of drug-likeness (QED) is 0.660. The summed E-state index contributed by atoms with van der Waals surface area (Å²) in [5.74, 6) is 0. The van der Waals surface area contributed by atoms with Gasteiger partial charge in [-0.15, -0.1) is 0 Å². The summed E-state index contributed by atoms with van der Waals surface area (Å²) in [4.78, 5) is 0. The van der Waals surface area contributed by atoms with E-state index in [1.807, 2.05) is 7.05 Å². The zero-order valence-corrected chi connectivity index (χ0v) is 9.54. The van der Waals surface area contributed by atoms with E-state index in [1.165, 1.54) is 25.7 Å². The lowest BCUT2D eigenvalue weighted by atomic mass is 9.71. The molecule has 0 unspecified atom stereocenters. The van der Waals surface area contributed by atoms with Crippen LogP contribution in [0.2, 0.25) is 0 Å². The van der Waals surface area contributed by atoms with E-state index in [0.29, 0.717) is 5.41 Å². The van der Waals surface area contributed by atoms with Crippen LogP contribution in [0.1, 0.15) is 46.5 Å². The van der Waals surface area contributed by atoms with Crippen LogP contribution in [0, 0.1) is 5.41 Å². The third-order valence-corrected chi connectivity index (χ3v) is 3.31. The Morgan fingerprint density at radius 2 is 2.08 bits per heavy atom. The first-order valence-electron chi connectivity index (χ1n) is 5.41. The second-order valence-corrected chi connectivity index (χ2v) is 4.85. The Labute approximate surface area is 82.6 Å². The van der Waals surface area contributed by atoms with Gasteiger partial charge in [0.25, 0.3) is 0 Å². The van der Waals surface area contributed by atoms with Gasteiger partial charge in [0.1, 0.15) is 0 Å². The van der Waals surface area contributed by atoms with Crippen LogP contribution in [-0.4, -0.2) is 13.6 Å². The molecular weight excluding hydrogens is 158 g/mol. The molecule has 1 heteroatoms. The van der Waals surface area contributed by atoms with Crippen molar-refractivity contribution in [2.75, 3.05) is 13.6 Å². The first-order valence-corrected chi connectivity index (χ1v) is 5.41. The summed E-state index contributed by atoms with van der Waals surface area (Å²) in [6.45, 7) is 8.21. The highest BCUT2D eigenvalue weighted by Crippen LogP contribution is 2.41. The highest BCUT2D eigenvalue weighted by molar-refractivity contribution is 5.22. The number of nitrogens with one attached hydrogen (secondary N) is 1. The van der Waals surface area contributed by atoms with Gasteiger partial charge in [-0.25, -0.2) is 0 Å². The Morgan fingerprint density at radius 3 is 2.62 bits per heavy atom. The predicted octanol–water partition coefficient (Wildman–Crippen LogP) is 3.12. The highest BCUT2D eigenvalue weighted by atomic mass is 14.8. The Bertz CT molecular complexity index is 201. The van der Waals surface area contributed by atoms with Gasteiger partial charge in [0, 0.05) is 0 Å². The molecule has 0 atom stereocenters. The normalized spacial score (nSPS) is 22.2. The van der Waals surface area contributed by atoms with Crippen molar-refractivity contribution >= 4 is 0 Å². The largest absolute Gasteiger partial charge is 0.319 e. The van der Waals surface area contributed by atoms with Gasteiger partial charge in [-0.3, -0.25) is 0 Å². The monoisotopic (exact) mass is 181 g/mol. The van der Waals surface area contributed by atoms with Gasteiger partial charge < -0.3 is 5.32 Å². The van der Waals surface area contributed by atoms with Gasteiger partial charge in [0.2, 0.25) is 0 Å². The SMILES string of the molecule is CNCCC1=C(C)CCCC1(C)C. The molecule has 13 heavy (non-hydrogen) atoms. The standard InChI is InChI=1S/C12H23N/c1-10-6-5-8-12(2,3)11(10)7-9-13-4/h13H,5-9H2,1-4H3. The lowest BCUT2D eigenvalue weighted by Crippen LogP contribution is -2.23. The Kier molecular flexibility index (Phi) is 3.55. The molecule has 1 nitrogen and oxygen atoms in total. The van der Waals surface area contributed by atoms with Gasteiger partial charge in [-0.05, 0) is 51.6 Å². The summed E-state index contributed by atoms with van der Waals surface area (Å²) in [6.07, 6.45) is 5.29. The smallest absolute Gasteiger partial charge is 0.00143 e. The molecule has 0 heterocycles. The minimum absolute atomic E-state index is 0.458. The first kappa shape index (κ1) is 10.8. The topological polar surface area (TPSA) is 12.0 Å². The van der Waals surface area contributed by atoms with Gasteiger partial charge in [-0.1, -0.05) is 25.0 Å². The third-order valence-electron chi connectivity index (χ3n) is 3.31. The second-order valence-electron chi connectivity index (χ2n) is 4.85. The van der Waals surface area contributed by atoms with Crippen molar-refractivity contribution in [2.45, 2.75) is 46.5 Å². The van der Waals surface area contributed by atoms with E-state index >= 15 is 0 Å². The zero-order chi connectivity index (χ0) is 9.90. The van der Waals surface area contributed by atoms with E-state index in [-0.39, 0.29) is 0 Å². The molecule has 0 spiro atoms. The molecule has 76 valence electrons. The third kappa shape index (κ3) is 2.57. The molecule has 0 bridgehead atoms. The molecule has 0 aromatic rings. The number of hydrogen-bond donors (Lipinski definition) is 1. The predicted molar refractivity (Wildman–Crippen MR) is 58.9 cm³/mol. The zero-order valence-electron chi connectivity index (χ0n) is 9.54. The van der Waals surface area contributed by atoms with Crippen molar-refractivity contribution in [3.05, 3.63) is 11.1 Å². The number of hydrogen-bond acceptors (Lipinski definition) is 1. The fourth-order valence-corrected chi connectivity index (χ4v) is 2.48. The second kappa shape index (κ2) is 4.28. The van der Waals surface area contributed by atoms with Crippen LogP contribution in [0.25, 0.3) is 0 Å². The van der Waals surface area contributed by atoms with Crippen LogP contribution in [-0.2, 0) is 0 Å². The molecule has 1 aliphatic carbocycles. The van der Waals surface area contributed by atoms with E-state index in [0.717, 1.165) is 6.54 Å². The Hall–Kier alpha value is -0.300. The molecule has 1 N–H and O–H groups in total. The molecular formula is C12H23N. The molecule has 0 amide bonds. The van der Waals surface area contributed by atoms with E-state index in [2.05, 4.69) is 26.1 Å². The van der Waals surface area contributed by atoms with Crippen LogP contribution in [0.15, 0.2) is 11.1 Å². The van der Waals surface area contributed by atoms with Crippen molar-refractivity contribution in [1.82, 2.24) is 5.32 Å². The molecule has 0 radical (unpaired) electrons. The summed E-state index contributed by atoms with van der Waals surface area (Å²) >= 11 is 0. The molecule has 0 aromatic carbocycles. The molecule has 0 aliphatic heterocycles.